The molecule has 0 saturated heterocycles. The van der Waals surface area contributed by atoms with Crippen molar-refractivity contribution in [1.29, 1.82) is 0 Å². The summed E-state index contributed by atoms with van der Waals surface area (Å²) in [4.78, 5) is 0. The molecule has 82 valence electrons. The van der Waals surface area contributed by atoms with Gasteiger partial charge in [-0.05, 0) is 24.7 Å². The molecule has 0 rings (SSSR count). The predicted molar refractivity (Wildman–Crippen MR) is 64.2 cm³/mol. The molecule has 0 unspecified atom stereocenters. The Labute approximate surface area is 89.7 Å². The van der Waals surface area contributed by atoms with Crippen LogP contribution in [0.2, 0.25) is 0 Å². The average molecular weight is 195 g/mol. The van der Waals surface area contributed by atoms with E-state index >= 15 is 0 Å². The van der Waals surface area contributed by atoms with E-state index in [9.17, 15) is 0 Å². The lowest BCUT2D eigenvalue weighted by atomic mass is 9.95. The Morgan fingerprint density at radius 2 is 1.57 bits per heavy atom. The van der Waals surface area contributed by atoms with E-state index in [1.807, 2.05) is 0 Å². The highest BCUT2D eigenvalue weighted by atomic mass is 14.9. The molecule has 0 fully saturated rings. The van der Waals surface area contributed by atoms with Gasteiger partial charge >= 0.3 is 0 Å². The zero-order valence-electron chi connectivity index (χ0n) is 10.1. The van der Waals surface area contributed by atoms with E-state index < -0.39 is 0 Å². The van der Waals surface area contributed by atoms with Gasteiger partial charge in [-0.15, -0.1) is 12.3 Å². The van der Waals surface area contributed by atoms with Crippen molar-refractivity contribution in [3.63, 3.8) is 0 Å². The molecular formula is C13H25N. The van der Waals surface area contributed by atoms with E-state index in [0.29, 0.717) is 6.04 Å². The Morgan fingerprint density at radius 3 is 1.93 bits per heavy atom. The third kappa shape index (κ3) is 8.13. The summed E-state index contributed by atoms with van der Waals surface area (Å²) in [6, 6.07) is 0.642. The molecule has 0 amide bonds. The largest absolute Gasteiger partial charge is 0.313 e. The highest BCUT2D eigenvalue weighted by Crippen LogP contribution is 2.13. The fourth-order valence-corrected chi connectivity index (χ4v) is 1.75. The molecule has 1 heteroatoms. The number of terminal acetylenes is 1. The van der Waals surface area contributed by atoms with Crippen molar-refractivity contribution in [1.82, 2.24) is 5.32 Å². The monoisotopic (exact) mass is 195 g/mol. The van der Waals surface area contributed by atoms with E-state index in [-0.39, 0.29) is 0 Å². The van der Waals surface area contributed by atoms with Gasteiger partial charge in [-0.25, -0.2) is 0 Å². The maximum Gasteiger partial charge on any atom is 0.0211 e. The van der Waals surface area contributed by atoms with Crippen LogP contribution in [0.4, 0.5) is 0 Å². The Bertz CT molecular complexity index is 155. The molecule has 0 atom stereocenters. The third-order valence-corrected chi connectivity index (χ3v) is 2.21. The van der Waals surface area contributed by atoms with Crippen molar-refractivity contribution < 1.29 is 0 Å². The minimum Gasteiger partial charge on any atom is -0.313 e. The normalized spacial score (nSPS) is 11.3. The van der Waals surface area contributed by atoms with Crippen molar-refractivity contribution in [3.05, 3.63) is 0 Å². The number of hydrogen-bond donors (Lipinski definition) is 1. The topological polar surface area (TPSA) is 12.0 Å². The second kappa shape index (κ2) is 7.88. The van der Waals surface area contributed by atoms with Gasteiger partial charge in [-0.2, -0.15) is 0 Å². The van der Waals surface area contributed by atoms with Gasteiger partial charge in [0.25, 0.3) is 0 Å². The summed E-state index contributed by atoms with van der Waals surface area (Å²) in [5, 5.41) is 3.54. The fraction of sp³-hybridized carbons (Fsp3) is 0.846. The van der Waals surface area contributed by atoms with Gasteiger partial charge in [0, 0.05) is 19.0 Å². The highest BCUT2D eigenvalue weighted by molar-refractivity contribution is 4.85. The first kappa shape index (κ1) is 13.5. The molecular weight excluding hydrogens is 170 g/mol. The Morgan fingerprint density at radius 1 is 1.07 bits per heavy atom. The number of hydrogen-bond acceptors (Lipinski definition) is 1. The van der Waals surface area contributed by atoms with Crippen molar-refractivity contribution in [2.24, 2.45) is 11.8 Å². The molecule has 1 nitrogen and oxygen atoms in total. The van der Waals surface area contributed by atoms with Gasteiger partial charge in [-0.3, -0.25) is 0 Å². The summed E-state index contributed by atoms with van der Waals surface area (Å²) in [6.45, 7) is 10.1. The summed E-state index contributed by atoms with van der Waals surface area (Å²) < 4.78 is 0. The molecule has 0 bridgehead atoms. The van der Waals surface area contributed by atoms with Gasteiger partial charge in [0.15, 0.2) is 0 Å². The first-order valence-electron chi connectivity index (χ1n) is 5.73. The quantitative estimate of drug-likeness (QED) is 0.486. The molecule has 0 aromatic rings. The first-order valence-corrected chi connectivity index (χ1v) is 5.73. The maximum atomic E-state index is 5.23. The molecule has 0 radical (unpaired) electrons. The van der Waals surface area contributed by atoms with Crippen LogP contribution < -0.4 is 5.32 Å². The van der Waals surface area contributed by atoms with Crippen LogP contribution in [0.3, 0.4) is 0 Å². The summed E-state index contributed by atoms with van der Waals surface area (Å²) >= 11 is 0. The molecule has 1 N–H and O–H groups in total. The van der Waals surface area contributed by atoms with E-state index in [2.05, 4.69) is 38.9 Å². The molecule has 0 aliphatic heterocycles. The Hall–Kier alpha value is -0.480. The van der Waals surface area contributed by atoms with Crippen LogP contribution in [0.5, 0.6) is 0 Å². The highest BCUT2D eigenvalue weighted by Gasteiger charge is 2.11. The van der Waals surface area contributed by atoms with Gasteiger partial charge in [0.1, 0.15) is 0 Å². The van der Waals surface area contributed by atoms with Crippen molar-refractivity contribution in [2.75, 3.05) is 6.54 Å². The van der Waals surface area contributed by atoms with E-state index in [1.165, 1.54) is 12.8 Å². The molecule has 0 aliphatic rings. The molecule has 0 aliphatic carbocycles. The SMILES string of the molecule is C#CCCNC(CC(C)C)CC(C)C. The van der Waals surface area contributed by atoms with Crippen LogP contribution in [-0.4, -0.2) is 12.6 Å². The van der Waals surface area contributed by atoms with Gasteiger partial charge in [-0.1, -0.05) is 27.7 Å². The van der Waals surface area contributed by atoms with Gasteiger partial charge in [0.05, 0.1) is 0 Å². The number of nitrogens with one attached hydrogen (secondary N) is 1. The molecule has 14 heavy (non-hydrogen) atoms. The van der Waals surface area contributed by atoms with Crippen molar-refractivity contribution >= 4 is 0 Å². The van der Waals surface area contributed by atoms with Crippen molar-refractivity contribution in [2.45, 2.75) is 53.0 Å². The van der Waals surface area contributed by atoms with E-state index in [0.717, 1.165) is 24.8 Å². The lowest BCUT2D eigenvalue weighted by Gasteiger charge is -2.22. The average Bonchev–Trinajstić information content (AvgIpc) is 2.02. The van der Waals surface area contributed by atoms with Crippen LogP contribution >= 0.6 is 0 Å². The first-order chi connectivity index (χ1) is 6.56. The van der Waals surface area contributed by atoms with Gasteiger partial charge in [0.2, 0.25) is 0 Å². The van der Waals surface area contributed by atoms with E-state index in [4.69, 9.17) is 6.42 Å². The van der Waals surface area contributed by atoms with Crippen molar-refractivity contribution in [3.8, 4) is 12.3 Å². The van der Waals surface area contributed by atoms with Crippen LogP contribution in [0.15, 0.2) is 0 Å². The fourth-order valence-electron chi connectivity index (χ4n) is 1.75. The maximum absolute atomic E-state index is 5.23. The minimum atomic E-state index is 0.642. The second-order valence-electron chi connectivity index (χ2n) is 4.86. The lowest BCUT2D eigenvalue weighted by Crippen LogP contribution is -2.32. The summed E-state index contributed by atoms with van der Waals surface area (Å²) in [7, 11) is 0. The molecule has 0 heterocycles. The third-order valence-electron chi connectivity index (χ3n) is 2.21. The summed E-state index contributed by atoms with van der Waals surface area (Å²) in [5.74, 6) is 4.19. The molecule has 0 aromatic heterocycles. The zero-order valence-corrected chi connectivity index (χ0v) is 10.1. The van der Waals surface area contributed by atoms with Crippen LogP contribution in [0.25, 0.3) is 0 Å². The van der Waals surface area contributed by atoms with Gasteiger partial charge < -0.3 is 5.32 Å². The predicted octanol–water partition coefficient (Wildman–Crippen LogP) is 3.06. The Kier molecular flexibility index (Phi) is 7.61. The molecule has 0 spiro atoms. The van der Waals surface area contributed by atoms with Crippen LogP contribution in [-0.2, 0) is 0 Å². The lowest BCUT2D eigenvalue weighted by molar-refractivity contribution is 0.363. The summed E-state index contributed by atoms with van der Waals surface area (Å²) in [5.41, 5.74) is 0. The van der Waals surface area contributed by atoms with Crippen LogP contribution in [0.1, 0.15) is 47.0 Å². The minimum absolute atomic E-state index is 0.642. The molecule has 0 aromatic carbocycles. The standard InChI is InChI=1S/C13H25N/c1-6-7-8-14-13(9-11(2)3)10-12(4)5/h1,11-14H,7-10H2,2-5H3. The zero-order chi connectivity index (χ0) is 11.0. The Balaban J connectivity index is 3.79. The van der Waals surface area contributed by atoms with Crippen LogP contribution in [0, 0.1) is 24.2 Å². The smallest absolute Gasteiger partial charge is 0.0211 e. The molecule has 0 saturated carbocycles. The second-order valence-corrected chi connectivity index (χ2v) is 4.86. The summed E-state index contributed by atoms with van der Waals surface area (Å²) in [6.07, 6.45) is 8.57. The number of rotatable bonds is 7. The van der Waals surface area contributed by atoms with E-state index in [1.54, 1.807) is 0 Å².